The van der Waals surface area contributed by atoms with Gasteiger partial charge >= 0.3 is 0 Å². The van der Waals surface area contributed by atoms with Crippen LogP contribution >= 0.6 is 0 Å². The molecule has 0 aromatic heterocycles. The second-order valence-corrected chi connectivity index (χ2v) is 3.89. The summed E-state index contributed by atoms with van der Waals surface area (Å²) >= 11 is 0. The van der Waals surface area contributed by atoms with Gasteiger partial charge in [-0.05, 0) is 30.5 Å². The van der Waals surface area contributed by atoms with Crippen molar-refractivity contribution in [2.24, 2.45) is 15.7 Å². The fraction of sp³-hybridized carbons (Fsp3) is 0. The Balaban J connectivity index is 2.33. The molecule has 0 heterocycles. The molecule has 0 saturated heterocycles. The first kappa shape index (κ1) is 12.7. The first-order chi connectivity index (χ1) is 9.20. The number of carbonyl (C=O) groups is 1. The standard InChI is InChI=1S/C15H13N3O/c1-17-14-9-12(15(16)19)7-8-13(14)18-10-11-5-3-2-4-6-11/h2-10H,1H2,(H2,16,19). The van der Waals surface area contributed by atoms with Crippen LogP contribution in [0.25, 0.3) is 0 Å². The minimum atomic E-state index is -0.497. The molecule has 2 rings (SSSR count). The van der Waals surface area contributed by atoms with Gasteiger partial charge in [0.05, 0.1) is 11.4 Å². The summed E-state index contributed by atoms with van der Waals surface area (Å²) in [6.07, 6.45) is 1.73. The Hall–Kier alpha value is -2.75. The highest BCUT2D eigenvalue weighted by molar-refractivity contribution is 5.95. The normalized spacial score (nSPS) is 10.5. The largest absolute Gasteiger partial charge is 0.366 e. The van der Waals surface area contributed by atoms with E-state index in [0.717, 1.165) is 5.56 Å². The number of aliphatic imine (C=N–C) groups is 2. The second-order valence-electron chi connectivity index (χ2n) is 3.89. The van der Waals surface area contributed by atoms with Gasteiger partial charge in [-0.2, -0.15) is 0 Å². The van der Waals surface area contributed by atoms with Crippen LogP contribution in [0.15, 0.2) is 58.5 Å². The Morgan fingerprint density at radius 1 is 1.11 bits per heavy atom. The van der Waals surface area contributed by atoms with Gasteiger partial charge in [-0.25, -0.2) is 0 Å². The van der Waals surface area contributed by atoms with Crippen molar-refractivity contribution in [1.82, 2.24) is 0 Å². The number of rotatable bonds is 4. The number of nitrogens with two attached hydrogens (primary N) is 1. The Bertz CT molecular complexity index is 633. The molecule has 4 nitrogen and oxygen atoms in total. The lowest BCUT2D eigenvalue weighted by molar-refractivity contribution is 0.100. The fourth-order valence-corrected chi connectivity index (χ4v) is 1.60. The van der Waals surface area contributed by atoms with Crippen molar-refractivity contribution in [1.29, 1.82) is 0 Å². The summed E-state index contributed by atoms with van der Waals surface area (Å²) in [5.41, 5.74) is 7.76. The Morgan fingerprint density at radius 2 is 1.84 bits per heavy atom. The molecule has 0 aliphatic carbocycles. The molecule has 94 valence electrons. The van der Waals surface area contributed by atoms with Crippen LogP contribution < -0.4 is 5.73 Å². The van der Waals surface area contributed by atoms with E-state index in [1.807, 2.05) is 30.3 Å². The van der Waals surface area contributed by atoms with Crippen LogP contribution in [0.5, 0.6) is 0 Å². The van der Waals surface area contributed by atoms with E-state index < -0.39 is 5.91 Å². The number of hydrogen-bond donors (Lipinski definition) is 1. The van der Waals surface area contributed by atoms with E-state index in [2.05, 4.69) is 16.7 Å². The highest BCUT2D eigenvalue weighted by Gasteiger charge is 2.04. The monoisotopic (exact) mass is 251 g/mol. The molecule has 4 heteroatoms. The van der Waals surface area contributed by atoms with Crippen molar-refractivity contribution >= 4 is 30.2 Å². The molecule has 0 unspecified atom stereocenters. The molecule has 2 aromatic rings. The molecule has 0 saturated carbocycles. The molecule has 0 fully saturated rings. The van der Waals surface area contributed by atoms with Crippen molar-refractivity contribution < 1.29 is 4.79 Å². The fourth-order valence-electron chi connectivity index (χ4n) is 1.60. The zero-order valence-corrected chi connectivity index (χ0v) is 10.3. The summed E-state index contributed by atoms with van der Waals surface area (Å²) in [4.78, 5) is 19.3. The van der Waals surface area contributed by atoms with E-state index in [1.165, 1.54) is 0 Å². The molecule has 0 aliphatic rings. The molecule has 0 bridgehead atoms. The van der Waals surface area contributed by atoms with Crippen LogP contribution in [0.3, 0.4) is 0 Å². The molecule has 0 radical (unpaired) electrons. The van der Waals surface area contributed by atoms with Gasteiger partial charge in [0.25, 0.3) is 0 Å². The van der Waals surface area contributed by atoms with Crippen molar-refractivity contribution in [3.8, 4) is 0 Å². The van der Waals surface area contributed by atoms with E-state index in [1.54, 1.807) is 24.4 Å². The van der Waals surface area contributed by atoms with Gasteiger partial charge in [0.2, 0.25) is 5.91 Å². The average molecular weight is 251 g/mol. The van der Waals surface area contributed by atoms with Crippen LogP contribution in [0.1, 0.15) is 15.9 Å². The van der Waals surface area contributed by atoms with Crippen LogP contribution in [-0.2, 0) is 0 Å². The third-order valence-corrected chi connectivity index (χ3v) is 2.58. The maximum Gasteiger partial charge on any atom is 0.248 e. The van der Waals surface area contributed by atoms with Crippen molar-refractivity contribution in [2.45, 2.75) is 0 Å². The van der Waals surface area contributed by atoms with Crippen molar-refractivity contribution in [3.63, 3.8) is 0 Å². The summed E-state index contributed by atoms with van der Waals surface area (Å²) in [5, 5.41) is 0. The van der Waals surface area contributed by atoms with Crippen LogP contribution in [0.2, 0.25) is 0 Å². The zero-order valence-electron chi connectivity index (χ0n) is 10.3. The number of carbonyl (C=O) groups excluding carboxylic acids is 1. The first-order valence-corrected chi connectivity index (χ1v) is 5.70. The smallest absolute Gasteiger partial charge is 0.248 e. The molecular formula is C15H13N3O. The minimum Gasteiger partial charge on any atom is -0.366 e. The number of nitrogens with zero attached hydrogens (tertiary/aromatic N) is 2. The molecule has 1 amide bonds. The summed E-state index contributed by atoms with van der Waals surface area (Å²) < 4.78 is 0. The van der Waals surface area contributed by atoms with Crippen LogP contribution in [0, 0.1) is 0 Å². The van der Waals surface area contributed by atoms with Crippen LogP contribution in [-0.4, -0.2) is 18.8 Å². The number of hydrogen-bond acceptors (Lipinski definition) is 3. The zero-order chi connectivity index (χ0) is 13.7. The molecule has 2 N–H and O–H groups in total. The van der Waals surface area contributed by atoms with Gasteiger partial charge in [-0.1, -0.05) is 30.3 Å². The summed E-state index contributed by atoms with van der Waals surface area (Å²) in [5.74, 6) is -0.497. The highest BCUT2D eigenvalue weighted by atomic mass is 16.1. The third kappa shape index (κ3) is 3.13. The van der Waals surface area contributed by atoms with Crippen LogP contribution in [0.4, 0.5) is 11.4 Å². The van der Waals surface area contributed by atoms with Gasteiger partial charge in [-0.3, -0.25) is 14.8 Å². The summed E-state index contributed by atoms with van der Waals surface area (Å²) in [7, 11) is 0. The van der Waals surface area contributed by atoms with Crippen molar-refractivity contribution in [3.05, 3.63) is 59.7 Å². The van der Waals surface area contributed by atoms with Gasteiger partial charge < -0.3 is 5.73 Å². The maximum absolute atomic E-state index is 11.1. The maximum atomic E-state index is 11.1. The summed E-state index contributed by atoms with van der Waals surface area (Å²) in [6.45, 7) is 3.47. The van der Waals surface area contributed by atoms with E-state index in [4.69, 9.17) is 5.73 Å². The van der Waals surface area contributed by atoms with Crippen molar-refractivity contribution in [2.75, 3.05) is 0 Å². The van der Waals surface area contributed by atoms with E-state index in [9.17, 15) is 4.79 Å². The number of benzene rings is 2. The Morgan fingerprint density at radius 3 is 2.47 bits per heavy atom. The minimum absolute atomic E-state index is 0.390. The highest BCUT2D eigenvalue weighted by Crippen LogP contribution is 2.28. The van der Waals surface area contributed by atoms with Gasteiger partial charge in [0, 0.05) is 11.8 Å². The van der Waals surface area contributed by atoms with Gasteiger partial charge in [0.15, 0.2) is 0 Å². The average Bonchev–Trinajstić information content (AvgIpc) is 2.45. The molecule has 0 aliphatic heterocycles. The number of primary amides is 1. The lowest BCUT2D eigenvalue weighted by Gasteiger charge is -2.02. The Labute approximate surface area is 111 Å². The summed E-state index contributed by atoms with van der Waals surface area (Å²) in [6, 6.07) is 14.6. The SMILES string of the molecule is C=Nc1cc(C(N)=O)ccc1N=Cc1ccccc1. The molecule has 19 heavy (non-hydrogen) atoms. The Kier molecular flexibility index (Phi) is 3.83. The third-order valence-electron chi connectivity index (χ3n) is 2.58. The molecule has 0 spiro atoms. The topological polar surface area (TPSA) is 67.8 Å². The lowest BCUT2D eigenvalue weighted by Crippen LogP contribution is -2.10. The van der Waals surface area contributed by atoms with E-state index in [0.29, 0.717) is 16.9 Å². The quantitative estimate of drug-likeness (QED) is 0.834. The molecule has 2 aromatic carbocycles. The van der Waals surface area contributed by atoms with E-state index >= 15 is 0 Å². The first-order valence-electron chi connectivity index (χ1n) is 5.70. The predicted octanol–water partition coefficient (Wildman–Crippen LogP) is 2.87. The molecular weight excluding hydrogens is 238 g/mol. The molecule has 0 atom stereocenters. The van der Waals surface area contributed by atoms with Gasteiger partial charge in [-0.15, -0.1) is 0 Å². The second kappa shape index (κ2) is 5.73. The lowest BCUT2D eigenvalue weighted by atomic mass is 10.1. The van der Waals surface area contributed by atoms with E-state index in [-0.39, 0.29) is 0 Å². The predicted molar refractivity (Wildman–Crippen MR) is 77.9 cm³/mol. The number of amides is 1. The van der Waals surface area contributed by atoms with Gasteiger partial charge in [0.1, 0.15) is 0 Å².